The van der Waals surface area contributed by atoms with Crippen molar-refractivity contribution in [2.24, 2.45) is 5.92 Å². The molecule has 0 radical (unpaired) electrons. The third-order valence-corrected chi connectivity index (χ3v) is 4.13. The number of nitrogens with zero attached hydrogens (tertiary/aromatic N) is 2. The van der Waals surface area contributed by atoms with Crippen molar-refractivity contribution >= 4 is 16.8 Å². The summed E-state index contributed by atoms with van der Waals surface area (Å²) in [6, 6.07) is 5.52. The zero-order valence-corrected chi connectivity index (χ0v) is 11.7. The summed E-state index contributed by atoms with van der Waals surface area (Å²) < 4.78 is 5.74. The summed E-state index contributed by atoms with van der Waals surface area (Å²) >= 11 is 0. The molecule has 1 aromatic carbocycles. The van der Waals surface area contributed by atoms with Crippen molar-refractivity contribution in [3.8, 4) is 0 Å². The highest BCUT2D eigenvalue weighted by molar-refractivity contribution is 5.76. The Morgan fingerprint density at radius 3 is 2.90 bits per heavy atom. The Labute approximate surface area is 118 Å². The number of oxazole rings is 1. The van der Waals surface area contributed by atoms with Crippen LogP contribution in [-0.2, 0) is 6.54 Å². The Morgan fingerprint density at radius 2 is 2.20 bits per heavy atom. The number of fused-ring (bicyclic) bond motifs is 1. The monoisotopic (exact) mass is 275 g/mol. The fraction of sp³-hybridized carbons (Fsp3) is 0.533. The highest BCUT2D eigenvalue weighted by Gasteiger charge is 2.23. The van der Waals surface area contributed by atoms with Crippen LogP contribution in [-0.4, -0.2) is 34.2 Å². The fourth-order valence-corrected chi connectivity index (χ4v) is 2.84. The predicted molar refractivity (Wildman–Crippen MR) is 78.1 cm³/mol. The topological polar surface area (TPSA) is 75.5 Å². The van der Waals surface area contributed by atoms with E-state index in [0.717, 1.165) is 49.5 Å². The van der Waals surface area contributed by atoms with E-state index >= 15 is 0 Å². The Hall–Kier alpha value is -1.59. The van der Waals surface area contributed by atoms with Gasteiger partial charge in [0.1, 0.15) is 5.52 Å². The Bertz CT molecular complexity index is 586. The van der Waals surface area contributed by atoms with Crippen LogP contribution in [0.4, 0.5) is 5.69 Å². The van der Waals surface area contributed by atoms with Gasteiger partial charge >= 0.3 is 0 Å². The van der Waals surface area contributed by atoms with E-state index in [-0.39, 0.29) is 6.10 Å². The van der Waals surface area contributed by atoms with Crippen molar-refractivity contribution in [1.82, 2.24) is 9.88 Å². The Morgan fingerprint density at radius 1 is 1.45 bits per heavy atom. The molecule has 0 bridgehead atoms. The van der Waals surface area contributed by atoms with E-state index in [1.807, 2.05) is 25.1 Å². The van der Waals surface area contributed by atoms with Gasteiger partial charge in [-0.05, 0) is 57.0 Å². The van der Waals surface area contributed by atoms with Crippen LogP contribution in [0.5, 0.6) is 0 Å². The number of anilines is 1. The number of nitrogens with two attached hydrogens (primary N) is 1. The van der Waals surface area contributed by atoms with Gasteiger partial charge in [-0.2, -0.15) is 0 Å². The number of aromatic nitrogens is 1. The number of likely N-dealkylation sites (tertiary alicyclic amines) is 1. The van der Waals surface area contributed by atoms with Crippen molar-refractivity contribution < 1.29 is 9.52 Å². The van der Waals surface area contributed by atoms with Gasteiger partial charge in [-0.1, -0.05) is 0 Å². The minimum Gasteiger partial charge on any atom is -0.439 e. The molecule has 1 aliphatic heterocycles. The van der Waals surface area contributed by atoms with Crippen molar-refractivity contribution in [2.45, 2.75) is 32.4 Å². The van der Waals surface area contributed by atoms with Crippen molar-refractivity contribution in [2.75, 3.05) is 18.8 Å². The van der Waals surface area contributed by atoms with Crippen LogP contribution in [0.3, 0.4) is 0 Å². The molecule has 1 atom stereocenters. The first-order chi connectivity index (χ1) is 9.61. The van der Waals surface area contributed by atoms with Gasteiger partial charge in [0.2, 0.25) is 5.89 Å². The highest BCUT2D eigenvalue weighted by atomic mass is 16.3. The summed E-state index contributed by atoms with van der Waals surface area (Å²) in [5, 5.41) is 9.61. The van der Waals surface area contributed by atoms with Crippen molar-refractivity contribution in [1.29, 1.82) is 0 Å². The maximum Gasteiger partial charge on any atom is 0.209 e. The van der Waals surface area contributed by atoms with Crippen LogP contribution in [0.15, 0.2) is 22.6 Å². The van der Waals surface area contributed by atoms with Crippen molar-refractivity contribution in [3.63, 3.8) is 0 Å². The van der Waals surface area contributed by atoms with Gasteiger partial charge < -0.3 is 15.3 Å². The van der Waals surface area contributed by atoms with Gasteiger partial charge in [-0.25, -0.2) is 4.98 Å². The second-order valence-electron chi connectivity index (χ2n) is 5.69. The van der Waals surface area contributed by atoms with E-state index in [2.05, 4.69) is 9.88 Å². The van der Waals surface area contributed by atoms with E-state index in [0.29, 0.717) is 11.6 Å². The van der Waals surface area contributed by atoms with Gasteiger partial charge in [-0.3, -0.25) is 4.90 Å². The molecule has 3 rings (SSSR count). The average Bonchev–Trinajstić information content (AvgIpc) is 2.80. The molecule has 0 spiro atoms. The van der Waals surface area contributed by atoms with E-state index in [4.69, 9.17) is 10.2 Å². The molecule has 2 aromatic rings. The predicted octanol–water partition coefficient (Wildman–Crippen LogP) is 2.00. The van der Waals surface area contributed by atoms with Crippen molar-refractivity contribution in [3.05, 3.63) is 24.1 Å². The van der Waals surface area contributed by atoms with Crippen LogP contribution in [0, 0.1) is 5.92 Å². The lowest BCUT2D eigenvalue weighted by Gasteiger charge is -2.32. The van der Waals surface area contributed by atoms with Crippen LogP contribution in [0.25, 0.3) is 11.1 Å². The molecule has 108 valence electrons. The zero-order chi connectivity index (χ0) is 14.1. The van der Waals surface area contributed by atoms with Gasteiger partial charge in [0.25, 0.3) is 0 Å². The third-order valence-electron chi connectivity index (χ3n) is 4.13. The molecule has 2 heterocycles. The summed E-state index contributed by atoms with van der Waals surface area (Å²) in [6.45, 7) is 4.57. The summed E-state index contributed by atoms with van der Waals surface area (Å²) in [6.07, 6.45) is 1.86. The lowest BCUT2D eigenvalue weighted by Crippen LogP contribution is -2.36. The molecule has 1 aromatic heterocycles. The van der Waals surface area contributed by atoms with Gasteiger partial charge in [0, 0.05) is 5.69 Å². The molecule has 0 aliphatic carbocycles. The smallest absolute Gasteiger partial charge is 0.209 e. The maximum atomic E-state index is 9.61. The van der Waals surface area contributed by atoms with Gasteiger partial charge in [0.15, 0.2) is 5.58 Å². The standard InChI is InChI=1S/C15H21N3O2/c1-10(19)11-4-6-18(7-5-11)9-15-17-13-8-12(16)2-3-14(13)20-15/h2-3,8,10-11,19H,4-7,9,16H2,1H3. The molecule has 1 fully saturated rings. The van der Waals surface area contributed by atoms with E-state index in [9.17, 15) is 5.11 Å². The van der Waals surface area contributed by atoms with E-state index < -0.39 is 0 Å². The first-order valence-electron chi connectivity index (χ1n) is 7.17. The molecule has 20 heavy (non-hydrogen) atoms. The number of rotatable bonds is 3. The average molecular weight is 275 g/mol. The molecule has 1 unspecified atom stereocenters. The number of aliphatic hydroxyl groups excluding tert-OH is 1. The lowest BCUT2D eigenvalue weighted by molar-refractivity contribution is 0.0669. The molecule has 0 amide bonds. The quantitative estimate of drug-likeness (QED) is 0.838. The second-order valence-corrected chi connectivity index (χ2v) is 5.69. The maximum absolute atomic E-state index is 9.61. The molecular weight excluding hydrogens is 254 g/mol. The number of piperidine rings is 1. The zero-order valence-electron chi connectivity index (χ0n) is 11.7. The molecule has 5 nitrogen and oxygen atoms in total. The molecule has 3 N–H and O–H groups in total. The summed E-state index contributed by atoms with van der Waals surface area (Å²) in [4.78, 5) is 6.81. The summed E-state index contributed by atoms with van der Waals surface area (Å²) in [5.74, 6) is 1.16. The van der Waals surface area contributed by atoms with Crippen LogP contribution >= 0.6 is 0 Å². The van der Waals surface area contributed by atoms with Gasteiger partial charge in [0.05, 0.1) is 12.6 Å². The number of nitrogen functional groups attached to an aromatic ring is 1. The van der Waals surface area contributed by atoms with Crippen LogP contribution in [0.2, 0.25) is 0 Å². The molecule has 1 saturated heterocycles. The number of hydrogen-bond donors (Lipinski definition) is 2. The van der Waals surface area contributed by atoms with Gasteiger partial charge in [-0.15, -0.1) is 0 Å². The highest BCUT2D eigenvalue weighted by Crippen LogP contribution is 2.23. The Balaban J connectivity index is 1.65. The summed E-state index contributed by atoms with van der Waals surface area (Å²) in [5.41, 5.74) is 8.05. The molecule has 5 heteroatoms. The number of hydrogen-bond acceptors (Lipinski definition) is 5. The minimum absolute atomic E-state index is 0.204. The van der Waals surface area contributed by atoms with Crippen LogP contribution in [0.1, 0.15) is 25.7 Å². The number of benzene rings is 1. The largest absolute Gasteiger partial charge is 0.439 e. The second kappa shape index (κ2) is 5.42. The molecule has 1 aliphatic rings. The first-order valence-corrected chi connectivity index (χ1v) is 7.17. The summed E-state index contributed by atoms with van der Waals surface area (Å²) in [7, 11) is 0. The molecular formula is C15H21N3O2. The van der Waals surface area contributed by atoms with E-state index in [1.54, 1.807) is 0 Å². The molecule has 0 saturated carbocycles. The Kier molecular flexibility index (Phi) is 3.63. The normalized spacial score (nSPS) is 19.5. The number of aliphatic hydroxyl groups is 1. The van der Waals surface area contributed by atoms with E-state index in [1.165, 1.54) is 0 Å². The minimum atomic E-state index is -0.204. The fourth-order valence-electron chi connectivity index (χ4n) is 2.84. The SMILES string of the molecule is CC(O)C1CCN(Cc2nc3cc(N)ccc3o2)CC1. The third kappa shape index (κ3) is 2.78. The lowest BCUT2D eigenvalue weighted by atomic mass is 9.92. The van der Waals surface area contributed by atoms with Crippen LogP contribution < -0.4 is 5.73 Å². The first kappa shape index (κ1) is 13.4.